The molecule has 162 valence electrons. The molecule has 0 spiro atoms. The van der Waals surface area contributed by atoms with Crippen LogP contribution >= 0.6 is 12.4 Å². The smallest absolute Gasteiger partial charge is 0.257 e. The van der Waals surface area contributed by atoms with E-state index in [1.807, 2.05) is 13.8 Å². The first kappa shape index (κ1) is 23.5. The van der Waals surface area contributed by atoms with Crippen LogP contribution in [-0.4, -0.2) is 47.9 Å². The molecule has 1 aliphatic heterocycles. The molecule has 1 aliphatic carbocycles. The molecule has 1 saturated heterocycles. The van der Waals surface area contributed by atoms with Gasteiger partial charge in [0.15, 0.2) is 0 Å². The fourth-order valence-electron chi connectivity index (χ4n) is 4.58. The van der Waals surface area contributed by atoms with E-state index >= 15 is 0 Å². The third kappa shape index (κ3) is 5.25. The van der Waals surface area contributed by atoms with Crippen molar-refractivity contribution in [1.82, 2.24) is 15.5 Å². The fraction of sp³-hybridized carbons (Fsp3) is 0.619. The predicted octanol–water partition coefficient (Wildman–Crippen LogP) is 3.27. The van der Waals surface area contributed by atoms with Crippen LogP contribution in [0.4, 0.5) is 8.78 Å². The number of nitrogens with zero attached hydrogens (tertiary/aromatic N) is 1. The maximum Gasteiger partial charge on any atom is 0.257 e. The Labute approximate surface area is 177 Å². The lowest BCUT2D eigenvalue weighted by Crippen LogP contribution is -2.51. The van der Waals surface area contributed by atoms with Crippen molar-refractivity contribution in [3.8, 4) is 0 Å². The van der Waals surface area contributed by atoms with Gasteiger partial charge in [0.2, 0.25) is 5.91 Å². The van der Waals surface area contributed by atoms with E-state index in [4.69, 9.17) is 0 Å². The standard InChI is InChI=1S/C21H29F2N3O2.ClH/c1-3-24-13(2)12-25-20(27)19-10-14-6-4-5-7-18(14)26(19)21(28)16-9-8-15(22)11-17(16)23;/h8-9,11,13-14,18-19,24H,3-7,10,12H2,1-2H3,(H,25,27);1H/t13-,14?,18?,19?;/m1./s1. The van der Waals surface area contributed by atoms with Crippen molar-refractivity contribution in [3.63, 3.8) is 0 Å². The molecule has 5 nitrogen and oxygen atoms in total. The summed E-state index contributed by atoms with van der Waals surface area (Å²) in [7, 11) is 0. The Hall–Kier alpha value is -1.73. The normalized spacial score (nSPS) is 24.4. The van der Waals surface area contributed by atoms with E-state index in [0.717, 1.165) is 44.4 Å². The molecule has 1 saturated carbocycles. The molecule has 29 heavy (non-hydrogen) atoms. The van der Waals surface area contributed by atoms with Gasteiger partial charge in [0.05, 0.1) is 5.56 Å². The van der Waals surface area contributed by atoms with Gasteiger partial charge in [0.1, 0.15) is 17.7 Å². The predicted molar refractivity (Wildman–Crippen MR) is 110 cm³/mol. The Bertz CT molecular complexity index is 734. The van der Waals surface area contributed by atoms with Crippen LogP contribution in [0, 0.1) is 17.6 Å². The number of hydrogen-bond donors (Lipinski definition) is 2. The molecule has 4 atom stereocenters. The molecular formula is C21H30ClF2N3O2. The molecule has 8 heteroatoms. The van der Waals surface area contributed by atoms with Crippen LogP contribution in [0.2, 0.25) is 0 Å². The largest absolute Gasteiger partial charge is 0.353 e. The number of carbonyl (C=O) groups is 2. The summed E-state index contributed by atoms with van der Waals surface area (Å²) in [5.41, 5.74) is -0.175. The molecule has 2 amide bonds. The molecule has 0 radical (unpaired) electrons. The summed E-state index contributed by atoms with van der Waals surface area (Å²) in [6, 6.07) is 2.42. The average Bonchev–Trinajstić information content (AvgIpc) is 3.05. The van der Waals surface area contributed by atoms with Gasteiger partial charge in [-0.2, -0.15) is 0 Å². The highest BCUT2D eigenvalue weighted by atomic mass is 35.5. The number of benzene rings is 1. The van der Waals surface area contributed by atoms with E-state index < -0.39 is 23.6 Å². The summed E-state index contributed by atoms with van der Waals surface area (Å²) in [5, 5.41) is 6.16. The maximum atomic E-state index is 14.2. The van der Waals surface area contributed by atoms with Gasteiger partial charge in [-0.1, -0.05) is 19.8 Å². The van der Waals surface area contributed by atoms with E-state index in [9.17, 15) is 18.4 Å². The summed E-state index contributed by atoms with van der Waals surface area (Å²) in [6.07, 6.45) is 4.46. The summed E-state index contributed by atoms with van der Waals surface area (Å²) in [6.45, 7) is 5.25. The van der Waals surface area contributed by atoms with Crippen LogP contribution in [0.1, 0.15) is 56.3 Å². The third-order valence-corrected chi connectivity index (χ3v) is 5.92. The molecule has 1 aromatic rings. The zero-order valence-corrected chi connectivity index (χ0v) is 17.7. The molecule has 1 aromatic carbocycles. The number of amides is 2. The molecule has 3 unspecified atom stereocenters. The van der Waals surface area contributed by atoms with Crippen molar-refractivity contribution in [2.75, 3.05) is 13.1 Å². The van der Waals surface area contributed by atoms with Crippen molar-refractivity contribution in [3.05, 3.63) is 35.4 Å². The maximum absolute atomic E-state index is 14.2. The number of nitrogens with one attached hydrogen (secondary N) is 2. The van der Waals surface area contributed by atoms with Gasteiger partial charge in [0, 0.05) is 24.7 Å². The number of halogens is 3. The first-order valence-electron chi connectivity index (χ1n) is 10.2. The second-order valence-corrected chi connectivity index (χ2v) is 7.90. The molecule has 2 N–H and O–H groups in total. The van der Waals surface area contributed by atoms with Gasteiger partial charge in [-0.3, -0.25) is 9.59 Å². The Kier molecular flexibility index (Phi) is 8.40. The minimum absolute atomic E-state index is 0. The van der Waals surface area contributed by atoms with E-state index in [0.29, 0.717) is 13.0 Å². The lowest BCUT2D eigenvalue weighted by molar-refractivity contribution is -0.125. The van der Waals surface area contributed by atoms with Crippen molar-refractivity contribution >= 4 is 24.2 Å². The zero-order chi connectivity index (χ0) is 20.3. The highest BCUT2D eigenvalue weighted by Crippen LogP contribution is 2.40. The van der Waals surface area contributed by atoms with Gasteiger partial charge in [-0.05, 0) is 50.8 Å². The first-order valence-corrected chi connectivity index (χ1v) is 10.2. The lowest BCUT2D eigenvalue weighted by atomic mass is 9.84. The fourth-order valence-corrected chi connectivity index (χ4v) is 4.58. The number of fused-ring (bicyclic) bond motifs is 1. The minimum atomic E-state index is -0.885. The number of rotatable bonds is 6. The number of carbonyl (C=O) groups excluding carboxylic acids is 2. The first-order chi connectivity index (χ1) is 13.4. The Morgan fingerprint density at radius 3 is 2.66 bits per heavy atom. The molecule has 3 rings (SSSR count). The highest BCUT2D eigenvalue weighted by molar-refractivity contribution is 5.98. The van der Waals surface area contributed by atoms with Crippen LogP contribution < -0.4 is 10.6 Å². The lowest BCUT2D eigenvalue weighted by Gasteiger charge is -2.33. The second-order valence-electron chi connectivity index (χ2n) is 7.90. The van der Waals surface area contributed by atoms with E-state index in [-0.39, 0.29) is 41.9 Å². The summed E-state index contributed by atoms with van der Waals surface area (Å²) in [5.74, 6) is -2.08. The second kappa shape index (κ2) is 10.3. The van der Waals surface area contributed by atoms with Crippen LogP contribution in [0.5, 0.6) is 0 Å². The Morgan fingerprint density at radius 2 is 1.97 bits per heavy atom. The van der Waals surface area contributed by atoms with Gasteiger partial charge in [-0.25, -0.2) is 8.78 Å². The van der Waals surface area contributed by atoms with Crippen LogP contribution in [0.25, 0.3) is 0 Å². The Balaban J connectivity index is 0.00000300. The Morgan fingerprint density at radius 1 is 1.24 bits per heavy atom. The minimum Gasteiger partial charge on any atom is -0.353 e. The zero-order valence-electron chi connectivity index (χ0n) is 16.9. The van der Waals surface area contributed by atoms with Crippen molar-refractivity contribution < 1.29 is 18.4 Å². The van der Waals surface area contributed by atoms with Crippen molar-refractivity contribution in [2.24, 2.45) is 5.92 Å². The molecule has 2 fully saturated rings. The molecule has 1 heterocycles. The SMILES string of the molecule is CCN[C@H](C)CNC(=O)C1CC2CCCCC2N1C(=O)c1ccc(F)cc1F.Cl. The van der Waals surface area contributed by atoms with E-state index in [2.05, 4.69) is 10.6 Å². The molecule has 0 aromatic heterocycles. The van der Waals surface area contributed by atoms with Gasteiger partial charge >= 0.3 is 0 Å². The van der Waals surface area contributed by atoms with Gasteiger partial charge in [0.25, 0.3) is 5.91 Å². The van der Waals surface area contributed by atoms with Crippen molar-refractivity contribution in [2.45, 2.75) is 64.1 Å². The van der Waals surface area contributed by atoms with Gasteiger partial charge in [-0.15, -0.1) is 12.4 Å². The van der Waals surface area contributed by atoms with E-state index in [1.54, 1.807) is 4.90 Å². The van der Waals surface area contributed by atoms with Crippen molar-refractivity contribution in [1.29, 1.82) is 0 Å². The van der Waals surface area contributed by atoms with Gasteiger partial charge < -0.3 is 15.5 Å². The molecular weight excluding hydrogens is 400 g/mol. The van der Waals surface area contributed by atoms with E-state index in [1.165, 1.54) is 6.07 Å². The van der Waals surface area contributed by atoms with Crippen LogP contribution in [-0.2, 0) is 4.79 Å². The monoisotopic (exact) mass is 429 g/mol. The number of hydrogen-bond acceptors (Lipinski definition) is 3. The summed E-state index contributed by atoms with van der Waals surface area (Å²) in [4.78, 5) is 27.6. The van der Waals surface area contributed by atoms with Crippen LogP contribution in [0.15, 0.2) is 18.2 Å². The summed E-state index contributed by atoms with van der Waals surface area (Å²) < 4.78 is 27.5. The average molecular weight is 430 g/mol. The number of likely N-dealkylation sites (tertiary alicyclic amines) is 1. The molecule has 2 aliphatic rings. The highest BCUT2D eigenvalue weighted by Gasteiger charge is 2.47. The number of likely N-dealkylation sites (N-methyl/N-ethyl adjacent to an activating group) is 1. The third-order valence-electron chi connectivity index (χ3n) is 5.92. The summed E-state index contributed by atoms with van der Waals surface area (Å²) >= 11 is 0. The molecule has 0 bridgehead atoms. The van der Waals surface area contributed by atoms with Crippen LogP contribution in [0.3, 0.4) is 0 Å². The topological polar surface area (TPSA) is 61.4 Å². The quantitative estimate of drug-likeness (QED) is 0.729.